The molecule has 0 aliphatic carbocycles. The van der Waals surface area contributed by atoms with E-state index >= 15 is 0 Å². The van der Waals surface area contributed by atoms with Gasteiger partial charge in [-0.3, -0.25) is 0 Å². The van der Waals surface area contributed by atoms with Gasteiger partial charge in [-0.05, 0) is 28.8 Å². The summed E-state index contributed by atoms with van der Waals surface area (Å²) in [4.78, 5) is 7.95. The third-order valence-corrected chi connectivity index (χ3v) is 3.53. The van der Waals surface area contributed by atoms with Crippen molar-refractivity contribution in [3.8, 4) is 0 Å². The largest absolute Gasteiger partial charge is 0.376 e. The highest BCUT2D eigenvalue weighted by atomic mass is 79.9. The second-order valence-corrected chi connectivity index (χ2v) is 4.49. The van der Waals surface area contributed by atoms with Crippen molar-refractivity contribution >= 4 is 33.3 Å². The first-order valence-corrected chi connectivity index (χ1v) is 5.96. The Hall–Kier alpha value is -0.390. The summed E-state index contributed by atoms with van der Waals surface area (Å²) >= 11 is 9.17. The summed E-state index contributed by atoms with van der Waals surface area (Å²) in [6, 6.07) is 0. The van der Waals surface area contributed by atoms with Crippen LogP contribution < -0.4 is 5.32 Å². The molecule has 2 heterocycles. The fourth-order valence-corrected chi connectivity index (χ4v) is 1.97. The van der Waals surface area contributed by atoms with Gasteiger partial charge in [-0.15, -0.1) is 0 Å². The Bertz CT molecular complexity index is 344. The smallest absolute Gasteiger partial charge is 0.148 e. The minimum atomic E-state index is 0.283. The standard InChI is InChI=1S/C9H11BrClN3O/c10-7-8(11)13-5-14-9(7)12-4-6-2-1-3-15-6/h5-6H,1-4H2,(H,12,13,14). The van der Waals surface area contributed by atoms with Gasteiger partial charge in [0.05, 0.1) is 10.6 Å². The Morgan fingerprint density at radius 2 is 2.47 bits per heavy atom. The first kappa shape index (κ1) is 11.1. The molecule has 6 heteroatoms. The van der Waals surface area contributed by atoms with Crippen molar-refractivity contribution in [3.63, 3.8) is 0 Å². The van der Waals surface area contributed by atoms with Crippen molar-refractivity contribution in [2.75, 3.05) is 18.5 Å². The van der Waals surface area contributed by atoms with E-state index < -0.39 is 0 Å². The molecule has 0 amide bonds. The summed E-state index contributed by atoms with van der Waals surface area (Å²) in [6.07, 6.45) is 3.96. The van der Waals surface area contributed by atoms with E-state index in [0.29, 0.717) is 15.4 Å². The van der Waals surface area contributed by atoms with Crippen molar-refractivity contribution in [2.45, 2.75) is 18.9 Å². The SMILES string of the molecule is Clc1ncnc(NCC2CCCO2)c1Br. The zero-order valence-electron chi connectivity index (χ0n) is 8.04. The number of anilines is 1. The molecule has 1 saturated heterocycles. The fourth-order valence-electron chi connectivity index (χ4n) is 1.49. The fraction of sp³-hybridized carbons (Fsp3) is 0.556. The Morgan fingerprint density at radius 3 is 3.20 bits per heavy atom. The van der Waals surface area contributed by atoms with E-state index in [-0.39, 0.29) is 6.10 Å². The molecule has 0 aromatic carbocycles. The van der Waals surface area contributed by atoms with Gasteiger partial charge in [0.2, 0.25) is 0 Å². The highest BCUT2D eigenvalue weighted by Crippen LogP contribution is 2.26. The number of aromatic nitrogens is 2. The lowest BCUT2D eigenvalue weighted by molar-refractivity contribution is 0.120. The molecular formula is C9H11BrClN3O. The molecule has 15 heavy (non-hydrogen) atoms. The molecule has 1 unspecified atom stereocenters. The van der Waals surface area contributed by atoms with Crippen LogP contribution in [0.3, 0.4) is 0 Å². The summed E-state index contributed by atoms with van der Waals surface area (Å²) < 4.78 is 6.19. The maximum atomic E-state index is 5.84. The molecule has 0 saturated carbocycles. The molecular weight excluding hydrogens is 281 g/mol. The van der Waals surface area contributed by atoms with Crippen LogP contribution in [0.2, 0.25) is 5.15 Å². The Labute approximate surface area is 102 Å². The maximum absolute atomic E-state index is 5.84. The topological polar surface area (TPSA) is 47.0 Å². The van der Waals surface area contributed by atoms with Gasteiger partial charge in [0.25, 0.3) is 0 Å². The van der Waals surface area contributed by atoms with Crippen LogP contribution in [0.5, 0.6) is 0 Å². The lowest BCUT2D eigenvalue weighted by atomic mass is 10.2. The number of ether oxygens (including phenoxy) is 1. The molecule has 82 valence electrons. The molecule has 1 aromatic rings. The second-order valence-electron chi connectivity index (χ2n) is 3.34. The van der Waals surface area contributed by atoms with Gasteiger partial charge < -0.3 is 10.1 Å². The third kappa shape index (κ3) is 2.80. The average Bonchev–Trinajstić information content (AvgIpc) is 2.73. The molecule has 1 fully saturated rings. The van der Waals surface area contributed by atoms with Crippen LogP contribution >= 0.6 is 27.5 Å². The lowest BCUT2D eigenvalue weighted by Gasteiger charge is -2.12. The Balaban J connectivity index is 1.95. The predicted molar refractivity (Wildman–Crippen MR) is 62.2 cm³/mol. The number of halogens is 2. The number of nitrogens with one attached hydrogen (secondary N) is 1. The normalized spacial score (nSPS) is 20.5. The molecule has 4 nitrogen and oxygen atoms in total. The summed E-state index contributed by atoms with van der Waals surface area (Å²) in [7, 11) is 0. The Kier molecular flexibility index (Phi) is 3.77. The van der Waals surface area contributed by atoms with Crippen LogP contribution in [0.4, 0.5) is 5.82 Å². The van der Waals surface area contributed by atoms with Crippen molar-refractivity contribution in [2.24, 2.45) is 0 Å². The minimum Gasteiger partial charge on any atom is -0.376 e. The highest BCUT2D eigenvalue weighted by Gasteiger charge is 2.16. The predicted octanol–water partition coefficient (Wildman–Crippen LogP) is 2.48. The van der Waals surface area contributed by atoms with Crippen LogP contribution in [-0.4, -0.2) is 29.2 Å². The molecule has 2 rings (SSSR count). The van der Waals surface area contributed by atoms with E-state index in [0.717, 1.165) is 26.0 Å². The summed E-state index contributed by atoms with van der Waals surface area (Å²) in [5.74, 6) is 0.713. The van der Waals surface area contributed by atoms with Crippen LogP contribution in [0, 0.1) is 0 Å². The molecule has 1 aliphatic heterocycles. The first-order valence-electron chi connectivity index (χ1n) is 4.79. The maximum Gasteiger partial charge on any atom is 0.148 e. The summed E-state index contributed by atoms with van der Waals surface area (Å²) in [5, 5.41) is 3.60. The van der Waals surface area contributed by atoms with Crippen LogP contribution in [0.1, 0.15) is 12.8 Å². The van der Waals surface area contributed by atoms with Gasteiger partial charge in [0, 0.05) is 13.2 Å². The van der Waals surface area contributed by atoms with Crippen molar-refractivity contribution < 1.29 is 4.74 Å². The van der Waals surface area contributed by atoms with Crippen LogP contribution in [0.25, 0.3) is 0 Å². The van der Waals surface area contributed by atoms with E-state index in [1.54, 1.807) is 0 Å². The summed E-state index contributed by atoms with van der Waals surface area (Å²) in [5.41, 5.74) is 0. The molecule has 1 aliphatic rings. The van der Waals surface area contributed by atoms with E-state index in [1.807, 2.05) is 0 Å². The van der Waals surface area contributed by atoms with Crippen molar-refractivity contribution in [1.29, 1.82) is 0 Å². The molecule has 0 bridgehead atoms. The molecule has 1 N–H and O–H groups in total. The molecule has 1 aromatic heterocycles. The van der Waals surface area contributed by atoms with Crippen LogP contribution in [0.15, 0.2) is 10.8 Å². The zero-order valence-corrected chi connectivity index (χ0v) is 10.4. The van der Waals surface area contributed by atoms with Crippen molar-refractivity contribution in [3.05, 3.63) is 16.0 Å². The van der Waals surface area contributed by atoms with Gasteiger partial charge in [-0.1, -0.05) is 11.6 Å². The molecule has 1 atom stereocenters. The van der Waals surface area contributed by atoms with Gasteiger partial charge in [0.1, 0.15) is 17.3 Å². The first-order chi connectivity index (χ1) is 7.27. The summed E-state index contributed by atoms with van der Waals surface area (Å²) in [6.45, 7) is 1.62. The number of hydrogen-bond donors (Lipinski definition) is 1. The third-order valence-electron chi connectivity index (χ3n) is 2.27. The van der Waals surface area contributed by atoms with Gasteiger partial charge >= 0.3 is 0 Å². The monoisotopic (exact) mass is 291 g/mol. The number of nitrogens with zero attached hydrogens (tertiary/aromatic N) is 2. The highest BCUT2D eigenvalue weighted by molar-refractivity contribution is 9.10. The molecule has 0 radical (unpaired) electrons. The van der Waals surface area contributed by atoms with E-state index in [4.69, 9.17) is 16.3 Å². The zero-order chi connectivity index (χ0) is 10.7. The van der Waals surface area contributed by atoms with Crippen LogP contribution in [-0.2, 0) is 4.74 Å². The number of hydrogen-bond acceptors (Lipinski definition) is 4. The lowest BCUT2D eigenvalue weighted by Crippen LogP contribution is -2.19. The van der Waals surface area contributed by atoms with Crippen molar-refractivity contribution in [1.82, 2.24) is 9.97 Å². The average molecular weight is 293 g/mol. The van der Waals surface area contributed by atoms with E-state index in [2.05, 4.69) is 31.2 Å². The minimum absolute atomic E-state index is 0.283. The quantitative estimate of drug-likeness (QED) is 0.870. The van der Waals surface area contributed by atoms with E-state index in [9.17, 15) is 0 Å². The molecule has 0 spiro atoms. The van der Waals surface area contributed by atoms with Gasteiger partial charge in [-0.25, -0.2) is 9.97 Å². The van der Waals surface area contributed by atoms with E-state index in [1.165, 1.54) is 6.33 Å². The Morgan fingerprint density at radius 1 is 1.60 bits per heavy atom. The van der Waals surface area contributed by atoms with Gasteiger partial charge in [-0.2, -0.15) is 0 Å². The second kappa shape index (κ2) is 5.09. The number of rotatable bonds is 3. The van der Waals surface area contributed by atoms with Gasteiger partial charge in [0.15, 0.2) is 0 Å².